The monoisotopic (exact) mass is 392 g/mol. The molecule has 3 N–H and O–H groups in total. The lowest BCUT2D eigenvalue weighted by Gasteiger charge is -2.09. The highest BCUT2D eigenvalue weighted by Crippen LogP contribution is 2.13. The summed E-state index contributed by atoms with van der Waals surface area (Å²) in [5, 5.41) is 17.2. The highest BCUT2D eigenvalue weighted by molar-refractivity contribution is 5.77. The lowest BCUT2D eigenvalue weighted by atomic mass is 10.2. The zero-order chi connectivity index (χ0) is 20.5. The first-order chi connectivity index (χ1) is 14.1. The molecule has 1 aromatic carbocycles. The van der Waals surface area contributed by atoms with Crippen molar-refractivity contribution < 1.29 is 9.53 Å². The van der Waals surface area contributed by atoms with Crippen LogP contribution in [0, 0.1) is 13.8 Å². The first-order valence-electron chi connectivity index (χ1n) is 9.32. The van der Waals surface area contributed by atoms with Crippen LogP contribution in [0.2, 0.25) is 0 Å². The second-order valence-electron chi connectivity index (χ2n) is 6.53. The molecule has 3 rings (SSSR count). The normalized spacial score (nSPS) is 10.3. The molecule has 1 amide bonds. The molecule has 0 fully saturated rings. The van der Waals surface area contributed by atoms with Crippen molar-refractivity contribution in [2.45, 2.75) is 13.8 Å². The minimum Gasteiger partial charge on any atom is -0.484 e. The van der Waals surface area contributed by atoms with Crippen LogP contribution in [0.1, 0.15) is 11.1 Å². The number of hydrogen-bond acceptors (Lipinski definition) is 7. The van der Waals surface area contributed by atoms with Gasteiger partial charge in [-0.1, -0.05) is 23.8 Å². The third kappa shape index (κ3) is 6.76. The van der Waals surface area contributed by atoms with Crippen LogP contribution in [-0.2, 0) is 4.79 Å². The Kier molecular flexibility index (Phi) is 6.94. The molecule has 0 spiro atoms. The van der Waals surface area contributed by atoms with E-state index in [0.717, 1.165) is 11.1 Å². The Bertz CT molecular complexity index is 911. The predicted molar refractivity (Wildman–Crippen MR) is 112 cm³/mol. The fraction of sp³-hybridized carbons (Fsp3) is 0.238. The molecule has 2 heterocycles. The number of aromatic nitrogens is 3. The number of carbonyl (C=O) groups is 1. The van der Waals surface area contributed by atoms with Crippen LogP contribution >= 0.6 is 0 Å². The molecule has 0 aliphatic carbocycles. The van der Waals surface area contributed by atoms with E-state index < -0.39 is 0 Å². The van der Waals surface area contributed by atoms with E-state index in [4.69, 9.17) is 4.74 Å². The number of pyridine rings is 1. The molecule has 0 aliphatic heterocycles. The number of rotatable bonds is 9. The van der Waals surface area contributed by atoms with Gasteiger partial charge in [0.2, 0.25) is 0 Å². The molecule has 0 atom stereocenters. The van der Waals surface area contributed by atoms with Crippen LogP contribution in [0.15, 0.2) is 54.7 Å². The molecule has 8 nitrogen and oxygen atoms in total. The molecule has 150 valence electrons. The molecular weight excluding hydrogens is 368 g/mol. The first-order valence-corrected chi connectivity index (χ1v) is 9.32. The van der Waals surface area contributed by atoms with Crippen LogP contribution < -0.4 is 20.7 Å². The summed E-state index contributed by atoms with van der Waals surface area (Å²) >= 11 is 0. The predicted octanol–water partition coefficient (Wildman–Crippen LogP) is 2.84. The zero-order valence-corrected chi connectivity index (χ0v) is 16.5. The Morgan fingerprint density at radius 1 is 0.862 bits per heavy atom. The van der Waals surface area contributed by atoms with E-state index in [1.807, 2.05) is 62.4 Å². The smallest absolute Gasteiger partial charge is 0.258 e. The molecule has 0 bridgehead atoms. The average Bonchev–Trinajstić information content (AvgIpc) is 2.73. The largest absolute Gasteiger partial charge is 0.484 e. The van der Waals surface area contributed by atoms with Gasteiger partial charge in [0.15, 0.2) is 12.4 Å². The van der Waals surface area contributed by atoms with Crippen LogP contribution in [-0.4, -0.2) is 40.8 Å². The van der Waals surface area contributed by atoms with Crippen molar-refractivity contribution in [1.29, 1.82) is 0 Å². The summed E-state index contributed by atoms with van der Waals surface area (Å²) in [5.74, 6) is 2.43. The minimum absolute atomic E-state index is 0.0176. The maximum absolute atomic E-state index is 11.8. The van der Waals surface area contributed by atoms with Gasteiger partial charge in [-0.2, -0.15) is 0 Å². The van der Waals surface area contributed by atoms with Crippen molar-refractivity contribution in [2.24, 2.45) is 0 Å². The molecule has 0 saturated heterocycles. The van der Waals surface area contributed by atoms with Crippen molar-refractivity contribution >= 4 is 23.4 Å². The quantitative estimate of drug-likeness (QED) is 0.481. The van der Waals surface area contributed by atoms with Gasteiger partial charge in [0.05, 0.1) is 0 Å². The lowest BCUT2D eigenvalue weighted by Crippen LogP contribution is -2.32. The van der Waals surface area contributed by atoms with Crippen molar-refractivity contribution in [2.75, 3.05) is 30.3 Å². The van der Waals surface area contributed by atoms with E-state index in [9.17, 15) is 4.79 Å². The summed E-state index contributed by atoms with van der Waals surface area (Å²) in [6.07, 6.45) is 1.78. The third-order valence-corrected chi connectivity index (χ3v) is 3.98. The molecular formula is C21H24N6O2. The van der Waals surface area contributed by atoms with Crippen molar-refractivity contribution in [1.82, 2.24) is 20.5 Å². The van der Waals surface area contributed by atoms with E-state index in [0.29, 0.717) is 36.3 Å². The SMILES string of the molecule is Cc1ccc(OCC(=O)NCCNc2ccc(Nc3ccc(C)cn3)nn2)cc1. The van der Waals surface area contributed by atoms with Crippen LogP contribution in [0.3, 0.4) is 0 Å². The van der Waals surface area contributed by atoms with Gasteiger partial charge in [-0.3, -0.25) is 4.79 Å². The van der Waals surface area contributed by atoms with Crippen LogP contribution in [0.5, 0.6) is 5.75 Å². The van der Waals surface area contributed by atoms with Crippen molar-refractivity contribution in [3.63, 3.8) is 0 Å². The minimum atomic E-state index is -0.177. The highest BCUT2D eigenvalue weighted by atomic mass is 16.5. The maximum Gasteiger partial charge on any atom is 0.258 e. The Hall–Kier alpha value is -3.68. The Labute approximate surface area is 169 Å². The molecule has 29 heavy (non-hydrogen) atoms. The van der Waals surface area contributed by atoms with Crippen molar-refractivity contribution in [3.8, 4) is 5.75 Å². The molecule has 0 aliphatic rings. The van der Waals surface area contributed by atoms with Gasteiger partial charge in [-0.25, -0.2) is 4.98 Å². The standard InChI is InChI=1S/C21H24N6O2/c1-15-3-6-17(7-4-15)29-14-21(28)23-12-11-22-19-9-10-20(27-26-19)25-18-8-5-16(2)13-24-18/h3-10,13H,11-12,14H2,1-2H3,(H,22,26)(H,23,28)(H,24,25,27). The number of anilines is 3. The summed E-state index contributed by atoms with van der Waals surface area (Å²) in [7, 11) is 0. The average molecular weight is 392 g/mol. The van der Waals surface area contributed by atoms with Crippen LogP contribution in [0.25, 0.3) is 0 Å². The molecule has 2 aromatic heterocycles. The molecule has 3 aromatic rings. The number of benzene rings is 1. The molecule has 0 saturated carbocycles. The Morgan fingerprint density at radius 3 is 2.24 bits per heavy atom. The fourth-order valence-corrected chi connectivity index (χ4v) is 2.39. The summed E-state index contributed by atoms with van der Waals surface area (Å²) in [5.41, 5.74) is 2.24. The highest BCUT2D eigenvalue weighted by Gasteiger charge is 2.03. The van der Waals surface area contributed by atoms with Gasteiger partial charge in [-0.15, -0.1) is 10.2 Å². The topological polar surface area (TPSA) is 101 Å². The van der Waals surface area contributed by atoms with E-state index in [1.54, 1.807) is 6.20 Å². The lowest BCUT2D eigenvalue weighted by molar-refractivity contribution is -0.123. The summed E-state index contributed by atoms with van der Waals surface area (Å²) < 4.78 is 5.44. The van der Waals surface area contributed by atoms with Gasteiger partial charge in [0.1, 0.15) is 17.4 Å². The van der Waals surface area contributed by atoms with Crippen molar-refractivity contribution in [3.05, 3.63) is 65.9 Å². The summed E-state index contributed by atoms with van der Waals surface area (Å²) in [4.78, 5) is 16.1. The number of hydrogen-bond donors (Lipinski definition) is 3. The zero-order valence-electron chi connectivity index (χ0n) is 16.5. The second-order valence-corrected chi connectivity index (χ2v) is 6.53. The summed E-state index contributed by atoms with van der Waals surface area (Å²) in [6, 6.07) is 15.0. The van der Waals surface area contributed by atoms with Gasteiger partial charge < -0.3 is 20.7 Å². The number of carbonyl (C=O) groups excluding carboxylic acids is 1. The van der Waals surface area contributed by atoms with Gasteiger partial charge in [0, 0.05) is 19.3 Å². The molecule has 8 heteroatoms. The second kappa shape index (κ2) is 10.0. The number of nitrogens with one attached hydrogen (secondary N) is 3. The van der Waals surface area contributed by atoms with E-state index in [2.05, 4.69) is 31.1 Å². The van der Waals surface area contributed by atoms with Gasteiger partial charge in [-0.05, 0) is 49.7 Å². The number of nitrogens with zero attached hydrogens (tertiary/aromatic N) is 3. The molecule has 0 unspecified atom stereocenters. The van der Waals surface area contributed by atoms with E-state index in [-0.39, 0.29) is 12.5 Å². The number of amides is 1. The number of aryl methyl sites for hydroxylation is 2. The molecule has 0 radical (unpaired) electrons. The third-order valence-electron chi connectivity index (χ3n) is 3.98. The van der Waals surface area contributed by atoms with Gasteiger partial charge in [0.25, 0.3) is 5.91 Å². The number of ether oxygens (including phenoxy) is 1. The van der Waals surface area contributed by atoms with E-state index in [1.165, 1.54) is 0 Å². The fourth-order valence-electron chi connectivity index (χ4n) is 2.39. The van der Waals surface area contributed by atoms with Gasteiger partial charge >= 0.3 is 0 Å². The Balaban J connectivity index is 1.34. The van der Waals surface area contributed by atoms with E-state index >= 15 is 0 Å². The summed E-state index contributed by atoms with van der Waals surface area (Å²) in [6.45, 7) is 4.94. The first kappa shape index (κ1) is 20.1. The Morgan fingerprint density at radius 2 is 1.55 bits per heavy atom. The van der Waals surface area contributed by atoms with Crippen LogP contribution in [0.4, 0.5) is 17.5 Å². The maximum atomic E-state index is 11.8.